The fourth-order valence-electron chi connectivity index (χ4n) is 4.24. The summed E-state index contributed by atoms with van der Waals surface area (Å²) < 4.78 is 0. The summed E-state index contributed by atoms with van der Waals surface area (Å²) in [6, 6.07) is 26.1. The predicted octanol–water partition coefficient (Wildman–Crippen LogP) is 5.32. The minimum absolute atomic E-state index is 0.0877. The molecule has 1 aliphatic heterocycles. The van der Waals surface area contributed by atoms with E-state index in [1.807, 2.05) is 59.5 Å². The van der Waals surface area contributed by atoms with Crippen LogP contribution in [-0.4, -0.2) is 33.9 Å². The molecule has 1 saturated heterocycles. The molecule has 2 aromatic carbocycles. The van der Waals surface area contributed by atoms with Crippen LogP contribution in [0.4, 0.5) is 0 Å². The van der Waals surface area contributed by atoms with Gasteiger partial charge in [0.2, 0.25) is 0 Å². The molecule has 0 spiro atoms. The molecule has 1 aliphatic rings. The molecule has 1 atom stereocenters. The van der Waals surface area contributed by atoms with Gasteiger partial charge in [-0.15, -0.1) is 0 Å². The maximum Gasteiger partial charge on any atom is 0.253 e. The Hall–Kier alpha value is -3.53. The largest absolute Gasteiger partial charge is 0.338 e. The van der Waals surface area contributed by atoms with E-state index in [2.05, 4.69) is 29.2 Å². The summed E-state index contributed by atoms with van der Waals surface area (Å²) in [6.07, 6.45) is 3.81. The van der Waals surface area contributed by atoms with Crippen LogP contribution in [-0.2, 0) is 0 Å². The van der Waals surface area contributed by atoms with Crippen molar-refractivity contribution >= 4 is 16.8 Å². The molecular formula is C26H23N3O. The summed E-state index contributed by atoms with van der Waals surface area (Å²) in [4.78, 5) is 24.4. The lowest BCUT2D eigenvalue weighted by Gasteiger charge is -2.32. The molecule has 0 unspecified atom stereocenters. The number of hydrogen-bond donors (Lipinski definition) is 0. The number of pyridine rings is 2. The van der Waals surface area contributed by atoms with Crippen molar-refractivity contribution in [3.63, 3.8) is 0 Å². The zero-order chi connectivity index (χ0) is 20.3. The summed E-state index contributed by atoms with van der Waals surface area (Å²) in [5.41, 5.74) is 4.80. The lowest BCUT2D eigenvalue weighted by atomic mass is 9.93. The van der Waals surface area contributed by atoms with Crippen LogP contribution in [0.15, 0.2) is 85.1 Å². The average molecular weight is 393 g/mol. The molecule has 4 aromatic rings. The van der Waals surface area contributed by atoms with Gasteiger partial charge in [0.15, 0.2) is 0 Å². The third kappa shape index (κ3) is 3.69. The Balaban J connectivity index is 1.37. The maximum atomic E-state index is 13.2. The highest BCUT2D eigenvalue weighted by molar-refractivity contribution is 5.98. The standard InChI is InChI=1S/C26H23N3O/c30-26(21-13-14-23-20(17-21)9-5-15-27-23)29-16-6-10-22(18-29)25-12-4-11-24(28-25)19-7-2-1-3-8-19/h1-5,7-9,11-15,17,22H,6,10,16,18H2/t22-/m1/s1. The number of benzene rings is 2. The zero-order valence-corrected chi connectivity index (χ0v) is 16.7. The lowest BCUT2D eigenvalue weighted by Crippen LogP contribution is -2.39. The van der Waals surface area contributed by atoms with Gasteiger partial charge in [0.25, 0.3) is 5.91 Å². The molecule has 30 heavy (non-hydrogen) atoms. The molecule has 0 N–H and O–H groups in total. The summed E-state index contributed by atoms with van der Waals surface area (Å²) in [5.74, 6) is 0.346. The molecule has 1 fully saturated rings. The van der Waals surface area contributed by atoms with Crippen LogP contribution in [0.5, 0.6) is 0 Å². The van der Waals surface area contributed by atoms with E-state index in [1.54, 1.807) is 6.20 Å². The quantitative estimate of drug-likeness (QED) is 0.473. The molecule has 3 heterocycles. The number of fused-ring (bicyclic) bond motifs is 1. The van der Waals surface area contributed by atoms with Crippen molar-refractivity contribution in [1.82, 2.24) is 14.9 Å². The highest BCUT2D eigenvalue weighted by Gasteiger charge is 2.26. The first-order chi connectivity index (χ1) is 14.8. The molecule has 2 aromatic heterocycles. The first-order valence-corrected chi connectivity index (χ1v) is 10.4. The fourth-order valence-corrected chi connectivity index (χ4v) is 4.24. The van der Waals surface area contributed by atoms with Crippen molar-refractivity contribution in [2.75, 3.05) is 13.1 Å². The minimum atomic E-state index is 0.0877. The highest BCUT2D eigenvalue weighted by Crippen LogP contribution is 2.28. The van der Waals surface area contributed by atoms with E-state index in [9.17, 15) is 4.79 Å². The van der Waals surface area contributed by atoms with Crippen LogP contribution in [0.1, 0.15) is 34.8 Å². The van der Waals surface area contributed by atoms with Crippen molar-refractivity contribution < 1.29 is 4.79 Å². The number of piperidine rings is 1. The lowest BCUT2D eigenvalue weighted by molar-refractivity contribution is 0.0706. The van der Waals surface area contributed by atoms with Crippen LogP contribution in [0, 0.1) is 0 Å². The third-order valence-electron chi connectivity index (χ3n) is 5.82. The Morgan fingerprint density at radius 3 is 2.73 bits per heavy atom. The topological polar surface area (TPSA) is 46.1 Å². The fraction of sp³-hybridized carbons (Fsp3) is 0.192. The van der Waals surface area contributed by atoms with Gasteiger partial charge in [-0.3, -0.25) is 14.8 Å². The van der Waals surface area contributed by atoms with Crippen molar-refractivity contribution in [2.24, 2.45) is 0 Å². The average Bonchev–Trinajstić information content (AvgIpc) is 2.84. The number of likely N-dealkylation sites (tertiary alicyclic amines) is 1. The Morgan fingerprint density at radius 1 is 0.933 bits per heavy atom. The Labute approximate surface area is 176 Å². The van der Waals surface area contributed by atoms with E-state index in [1.165, 1.54) is 0 Å². The predicted molar refractivity (Wildman–Crippen MR) is 119 cm³/mol. The summed E-state index contributed by atoms with van der Waals surface area (Å²) in [5, 5.41) is 0.995. The summed E-state index contributed by atoms with van der Waals surface area (Å²) in [7, 11) is 0. The van der Waals surface area contributed by atoms with Gasteiger partial charge in [-0.05, 0) is 49.2 Å². The zero-order valence-electron chi connectivity index (χ0n) is 16.7. The monoisotopic (exact) mass is 393 g/mol. The van der Waals surface area contributed by atoms with Crippen molar-refractivity contribution in [1.29, 1.82) is 0 Å². The molecule has 1 amide bonds. The SMILES string of the molecule is O=C(c1ccc2ncccc2c1)N1CCC[C@@H](c2cccc(-c3ccccc3)n2)C1. The highest BCUT2D eigenvalue weighted by atomic mass is 16.2. The maximum absolute atomic E-state index is 13.2. The van der Waals surface area contributed by atoms with E-state index in [-0.39, 0.29) is 11.8 Å². The summed E-state index contributed by atoms with van der Waals surface area (Å²) >= 11 is 0. The van der Waals surface area contributed by atoms with Crippen molar-refractivity contribution in [3.8, 4) is 11.3 Å². The summed E-state index contributed by atoms with van der Waals surface area (Å²) in [6.45, 7) is 1.49. The van der Waals surface area contributed by atoms with E-state index in [0.29, 0.717) is 6.54 Å². The number of nitrogens with zero attached hydrogens (tertiary/aromatic N) is 3. The van der Waals surface area contributed by atoms with Gasteiger partial charge >= 0.3 is 0 Å². The number of rotatable bonds is 3. The molecule has 0 radical (unpaired) electrons. The van der Waals surface area contributed by atoms with Crippen LogP contribution < -0.4 is 0 Å². The normalized spacial score (nSPS) is 16.5. The van der Waals surface area contributed by atoms with Crippen LogP contribution in [0.25, 0.3) is 22.2 Å². The second kappa shape index (κ2) is 8.07. The Kier molecular flexibility index (Phi) is 4.98. The van der Waals surface area contributed by atoms with Gasteiger partial charge in [0.05, 0.1) is 11.2 Å². The molecule has 148 valence electrons. The number of hydrogen-bond acceptors (Lipinski definition) is 3. The van der Waals surface area contributed by atoms with Gasteiger partial charge in [-0.1, -0.05) is 42.5 Å². The molecule has 4 heteroatoms. The number of aromatic nitrogens is 2. The molecule has 5 rings (SSSR count). The van der Waals surface area contributed by atoms with Gasteiger partial charge < -0.3 is 4.90 Å². The number of amides is 1. The molecule has 4 nitrogen and oxygen atoms in total. The van der Waals surface area contributed by atoms with E-state index >= 15 is 0 Å². The van der Waals surface area contributed by atoms with Gasteiger partial charge in [-0.2, -0.15) is 0 Å². The van der Waals surface area contributed by atoms with Gasteiger partial charge in [0.1, 0.15) is 0 Å². The second-order valence-corrected chi connectivity index (χ2v) is 7.81. The van der Waals surface area contributed by atoms with Gasteiger partial charge in [0, 0.05) is 47.4 Å². The van der Waals surface area contributed by atoms with E-state index < -0.39 is 0 Å². The van der Waals surface area contributed by atoms with Crippen molar-refractivity contribution in [3.05, 3.63) is 96.3 Å². The number of carbonyl (C=O) groups excluding carboxylic acids is 1. The van der Waals surface area contributed by atoms with E-state index in [0.717, 1.165) is 52.8 Å². The molecular weight excluding hydrogens is 370 g/mol. The second-order valence-electron chi connectivity index (χ2n) is 7.81. The third-order valence-corrected chi connectivity index (χ3v) is 5.82. The van der Waals surface area contributed by atoms with Crippen LogP contribution >= 0.6 is 0 Å². The van der Waals surface area contributed by atoms with Crippen LogP contribution in [0.2, 0.25) is 0 Å². The Bertz CT molecular complexity index is 1190. The molecule has 0 saturated carbocycles. The minimum Gasteiger partial charge on any atom is -0.338 e. The molecule has 0 aliphatic carbocycles. The van der Waals surface area contributed by atoms with Crippen LogP contribution in [0.3, 0.4) is 0 Å². The first-order valence-electron chi connectivity index (χ1n) is 10.4. The first kappa shape index (κ1) is 18.5. The van der Waals surface area contributed by atoms with Crippen molar-refractivity contribution in [2.45, 2.75) is 18.8 Å². The van der Waals surface area contributed by atoms with E-state index in [4.69, 9.17) is 4.98 Å². The smallest absolute Gasteiger partial charge is 0.253 e. The van der Waals surface area contributed by atoms with Gasteiger partial charge in [-0.25, -0.2) is 0 Å². The Morgan fingerprint density at radius 2 is 1.83 bits per heavy atom. The molecule has 0 bridgehead atoms. The number of carbonyl (C=O) groups is 1.